The first kappa shape index (κ1) is 14.2. The molecule has 0 aliphatic carbocycles. The molecule has 4 heterocycles. The lowest BCUT2D eigenvalue weighted by Gasteiger charge is -1.97. The van der Waals surface area contributed by atoms with Crippen LogP contribution in [0.5, 0.6) is 12.0 Å². The van der Waals surface area contributed by atoms with Crippen molar-refractivity contribution in [2.75, 3.05) is 0 Å². The molecule has 0 spiro atoms. The molecule has 0 amide bonds. The number of nitrogens with one attached hydrogen (secondary N) is 2. The first-order valence-corrected chi connectivity index (χ1v) is 8.50. The molecule has 128 valence electrons. The number of nitrogens with zero attached hydrogens (tertiary/aromatic N) is 4. The molecule has 4 aromatic heterocycles. The van der Waals surface area contributed by atoms with Crippen LogP contribution < -0.4 is 4.74 Å². The van der Waals surface area contributed by atoms with Gasteiger partial charge in [-0.2, -0.15) is 9.97 Å². The Kier molecular flexibility index (Phi) is 2.76. The van der Waals surface area contributed by atoms with Crippen molar-refractivity contribution in [3.8, 4) is 12.0 Å². The van der Waals surface area contributed by atoms with Crippen LogP contribution in [-0.2, 0) is 0 Å². The van der Waals surface area contributed by atoms with E-state index in [0.717, 1.165) is 43.9 Å². The number of hydrogen-bond acceptors (Lipinski definition) is 5. The third kappa shape index (κ3) is 2.15. The summed E-state index contributed by atoms with van der Waals surface area (Å²) >= 11 is 0. The molecule has 0 unspecified atom stereocenters. The van der Waals surface area contributed by atoms with Crippen molar-refractivity contribution in [2.24, 2.45) is 0 Å². The molecule has 0 aliphatic rings. The highest BCUT2D eigenvalue weighted by atomic mass is 16.5. The molecule has 27 heavy (non-hydrogen) atoms. The quantitative estimate of drug-likeness (QED) is 0.484. The average molecular weight is 352 g/mol. The Morgan fingerprint density at radius 1 is 0.593 bits per heavy atom. The van der Waals surface area contributed by atoms with Gasteiger partial charge in [0.25, 0.3) is 0 Å². The zero-order valence-corrected chi connectivity index (χ0v) is 14.0. The van der Waals surface area contributed by atoms with Gasteiger partial charge in [0.1, 0.15) is 11.0 Å². The maximum Gasteiger partial charge on any atom is 0.302 e. The van der Waals surface area contributed by atoms with E-state index in [9.17, 15) is 0 Å². The van der Waals surface area contributed by atoms with Crippen molar-refractivity contribution in [3.63, 3.8) is 0 Å². The second-order valence-corrected chi connectivity index (χ2v) is 6.26. The summed E-state index contributed by atoms with van der Waals surface area (Å²) in [5.41, 5.74) is 5.07. The third-order valence-corrected chi connectivity index (χ3v) is 4.61. The number of ether oxygens (including phenoxy) is 1. The van der Waals surface area contributed by atoms with Crippen molar-refractivity contribution < 1.29 is 4.74 Å². The molecular weight excluding hydrogens is 340 g/mol. The van der Waals surface area contributed by atoms with E-state index in [0.29, 0.717) is 12.0 Å². The molecule has 0 aliphatic heterocycles. The van der Waals surface area contributed by atoms with Gasteiger partial charge in [-0.3, -0.25) is 9.97 Å². The minimum absolute atomic E-state index is 0.361. The minimum Gasteiger partial charge on any atom is -0.391 e. The van der Waals surface area contributed by atoms with E-state index in [2.05, 4.69) is 29.9 Å². The number of fused-ring (bicyclic) bond motifs is 6. The third-order valence-electron chi connectivity index (χ3n) is 4.61. The fourth-order valence-corrected chi connectivity index (χ4v) is 3.37. The smallest absolute Gasteiger partial charge is 0.302 e. The van der Waals surface area contributed by atoms with Gasteiger partial charge < -0.3 is 14.7 Å². The van der Waals surface area contributed by atoms with Gasteiger partial charge in [0.05, 0.1) is 34.5 Å². The summed E-state index contributed by atoms with van der Waals surface area (Å²) in [4.78, 5) is 24.2. The molecule has 0 fully saturated rings. The number of imidazole rings is 2. The Labute approximate surface area is 152 Å². The molecule has 6 aromatic rings. The molecule has 2 N–H and O–H groups in total. The van der Waals surface area contributed by atoms with E-state index in [1.807, 2.05) is 48.5 Å². The first-order chi connectivity index (χ1) is 13.3. The van der Waals surface area contributed by atoms with Crippen molar-refractivity contribution in [3.05, 3.63) is 60.9 Å². The van der Waals surface area contributed by atoms with E-state index in [1.54, 1.807) is 12.4 Å². The summed E-state index contributed by atoms with van der Waals surface area (Å²) in [6.45, 7) is 0. The Bertz CT molecular complexity index is 1350. The van der Waals surface area contributed by atoms with Crippen molar-refractivity contribution in [1.29, 1.82) is 0 Å². The molecule has 2 aromatic carbocycles. The second kappa shape index (κ2) is 5.25. The zero-order valence-electron chi connectivity index (χ0n) is 14.0. The van der Waals surface area contributed by atoms with E-state index < -0.39 is 0 Å². The van der Waals surface area contributed by atoms with Gasteiger partial charge in [0.2, 0.25) is 0 Å². The molecule has 0 radical (unpaired) electrons. The first-order valence-electron chi connectivity index (χ1n) is 8.50. The molecule has 7 nitrogen and oxygen atoms in total. The fraction of sp³-hybridized carbons (Fsp3) is 0. The predicted molar refractivity (Wildman–Crippen MR) is 103 cm³/mol. The number of pyridine rings is 2. The highest BCUT2D eigenvalue weighted by molar-refractivity contribution is 6.02. The van der Waals surface area contributed by atoms with Gasteiger partial charge >= 0.3 is 12.0 Å². The minimum atomic E-state index is 0.361. The number of aromatic nitrogens is 6. The van der Waals surface area contributed by atoms with E-state index in [1.165, 1.54) is 0 Å². The average Bonchev–Trinajstić information content (AvgIpc) is 3.31. The summed E-state index contributed by atoms with van der Waals surface area (Å²) < 4.78 is 5.86. The summed E-state index contributed by atoms with van der Waals surface area (Å²) in [7, 11) is 0. The summed E-state index contributed by atoms with van der Waals surface area (Å²) in [6, 6.07) is 16.5. The lowest BCUT2D eigenvalue weighted by atomic mass is 10.2. The van der Waals surface area contributed by atoms with Gasteiger partial charge in [-0.25, -0.2) is 0 Å². The van der Waals surface area contributed by atoms with E-state index in [-0.39, 0.29) is 0 Å². The van der Waals surface area contributed by atoms with Crippen LogP contribution >= 0.6 is 0 Å². The molecule has 0 bridgehead atoms. The fourth-order valence-electron chi connectivity index (χ4n) is 3.37. The SMILES string of the molecule is c1ccc2c(c1)ncc1nc(Oc3nc4cnc5ccccc5c4[nH]3)[nH]c12. The Morgan fingerprint density at radius 3 is 1.59 bits per heavy atom. The van der Waals surface area contributed by atoms with Crippen LogP contribution in [0.25, 0.3) is 43.9 Å². The number of hydrogen-bond donors (Lipinski definition) is 2. The van der Waals surface area contributed by atoms with Gasteiger partial charge in [0, 0.05) is 10.8 Å². The summed E-state index contributed by atoms with van der Waals surface area (Å²) in [5, 5.41) is 1.99. The van der Waals surface area contributed by atoms with Crippen molar-refractivity contribution in [1.82, 2.24) is 29.9 Å². The predicted octanol–water partition coefficient (Wildman–Crippen LogP) is 4.33. The lowest BCUT2D eigenvalue weighted by molar-refractivity contribution is 0.420. The van der Waals surface area contributed by atoms with Crippen LogP contribution in [0.1, 0.15) is 0 Å². The molecular formula is C20H12N6O. The molecule has 0 saturated heterocycles. The maximum absolute atomic E-state index is 5.86. The van der Waals surface area contributed by atoms with Crippen LogP contribution in [0.2, 0.25) is 0 Å². The monoisotopic (exact) mass is 352 g/mol. The zero-order chi connectivity index (χ0) is 17.8. The second-order valence-electron chi connectivity index (χ2n) is 6.26. The molecule has 7 heteroatoms. The molecule has 6 rings (SSSR count). The van der Waals surface area contributed by atoms with Crippen molar-refractivity contribution >= 4 is 43.9 Å². The maximum atomic E-state index is 5.86. The normalized spacial score (nSPS) is 11.7. The van der Waals surface area contributed by atoms with Crippen LogP contribution in [0.4, 0.5) is 0 Å². The summed E-state index contributed by atoms with van der Waals surface area (Å²) in [5.74, 6) is 0. The molecule has 0 atom stereocenters. The number of rotatable bonds is 2. The molecule has 0 saturated carbocycles. The number of para-hydroxylation sites is 2. The van der Waals surface area contributed by atoms with Crippen molar-refractivity contribution in [2.45, 2.75) is 0 Å². The van der Waals surface area contributed by atoms with Gasteiger partial charge in [-0.15, -0.1) is 0 Å². The van der Waals surface area contributed by atoms with Crippen LogP contribution in [0.3, 0.4) is 0 Å². The topological polar surface area (TPSA) is 92.4 Å². The highest BCUT2D eigenvalue weighted by Crippen LogP contribution is 2.28. The summed E-state index contributed by atoms with van der Waals surface area (Å²) in [6.07, 6.45) is 3.47. The van der Waals surface area contributed by atoms with E-state index >= 15 is 0 Å². The lowest BCUT2D eigenvalue weighted by Crippen LogP contribution is -1.87. The van der Waals surface area contributed by atoms with Gasteiger partial charge in [-0.1, -0.05) is 36.4 Å². The Balaban J connectivity index is 1.47. The van der Waals surface area contributed by atoms with Crippen LogP contribution in [0.15, 0.2) is 60.9 Å². The van der Waals surface area contributed by atoms with Gasteiger partial charge in [-0.05, 0) is 12.1 Å². The standard InChI is InChI=1S/C20H12N6O/c1-3-7-13-11(5-1)17-15(9-21-13)23-19(25-17)27-20-24-16-10-22-14-8-4-2-6-12(14)18(16)26-20/h1-10H,(H,23,25)(H,24,26). The largest absolute Gasteiger partial charge is 0.391 e. The number of benzene rings is 2. The Hall–Kier alpha value is -4.00. The number of aromatic amines is 2. The Morgan fingerprint density at radius 2 is 1.07 bits per heavy atom. The van der Waals surface area contributed by atoms with Crippen LogP contribution in [-0.4, -0.2) is 29.9 Å². The highest BCUT2D eigenvalue weighted by Gasteiger charge is 2.12. The van der Waals surface area contributed by atoms with E-state index in [4.69, 9.17) is 4.74 Å². The van der Waals surface area contributed by atoms with Crippen LogP contribution in [0, 0.1) is 0 Å². The number of H-pyrrole nitrogens is 2. The van der Waals surface area contributed by atoms with Gasteiger partial charge in [0.15, 0.2) is 0 Å².